The van der Waals surface area contributed by atoms with Gasteiger partial charge < -0.3 is 9.73 Å². The van der Waals surface area contributed by atoms with E-state index in [0.717, 1.165) is 18.2 Å². The molecule has 3 rings (SSSR count). The average Bonchev–Trinajstić information content (AvgIpc) is 3.04. The Balaban J connectivity index is 1.68. The Morgan fingerprint density at radius 1 is 1.00 bits per heavy atom. The number of nitrogens with zero attached hydrogens (tertiary/aromatic N) is 2. The summed E-state index contributed by atoms with van der Waals surface area (Å²) in [5.74, 6) is -3.30. The summed E-state index contributed by atoms with van der Waals surface area (Å²) in [6.45, 7) is -0.140. The molecule has 0 atom stereocenters. The molecule has 1 heterocycles. The zero-order valence-corrected chi connectivity index (χ0v) is 12.1. The fourth-order valence-corrected chi connectivity index (χ4v) is 1.96. The second-order valence-corrected chi connectivity index (χ2v) is 4.79. The van der Waals surface area contributed by atoms with Gasteiger partial charge in [-0.3, -0.25) is 4.79 Å². The molecule has 0 aliphatic heterocycles. The number of halogens is 3. The molecule has 5 nitrogen and oxygen atoms in total. The van der Waals surface area contributed by atoms with E-state index in [1.807, 2.05) is 0 Å². The van der Waals surface area contributed by atoms with E-state index >= 15 is 0 Å². The van der Waals surface area contributed by atoms with Gasteiger partial charge in [-0.1, -0.05) is 12.1 Å². The SMILES string of the molecule is O=C(NCc1nnc(-c2ccccc2F)o1)c1ccc(F)c(F)c1. The Hall–Kier alpha value is -3.16. The van der Waals surface area contributed by atoms with Crippen molar-refractivity contribution >= 4 is 5.91 Å². The largest absolute Gasteiger partial charge is 0.419 e. The van der Waals surface area contributed by atoms with Gasteiger partial charge in [0, 0.05) is 5.56 Å². The van der Waals surface area contributed by atoms with Crippen LogP contribution in [0, 0.1) is 17.5 Å². The van der Waals surface area contributed by atoms with Crippen LogP contribution >= 0.6 is 0 Å². The summed E-state index contributed by atoms with van der Waals surface area (Å²) >= 11 is 0. The molecule has 122 valence electrons. The van der Waals surface area contributed by atoms with E-state index in [9.17, 15) is 18.0 Å². The number of amides is 1. The third-order valence-corrected chi connectivity index (χ3v) is 3.15. The number of rotatable bonds is 4. The highest BCUT2D eigenvalue weighted by atomic mass is 19.2. The highest BCUT2D eigenvalue weighted by Crippen LogP contribution is 2.20. The molecule has 0 unspecified atom stereocenters. The Bertz CT molecular complexity index is 896. The summed E-state index contributed by atoms with van der Waals surface area (Å²) in [5, 5.41) is 9.83. The molecular formula is C16H10F3N3O2. The molecule has 0 saturated carbocycles. The van der Waals surface area contributed by atoms with E-state index in [-0.39, 0.29) is 29.5 Å². The van der Waals surface area contributed by atoms with Gasteiger partial charge in [0.2, 0.25) is 5.89 Å². The molecule has 0 bridgehead atoms. The van der Waals surface area contributed by atoms with Crippen molar-refractivity contribution in [2.45, 2.75) is 6.54 Å². The normalized spacial score (nSPS) is 10.6. The van der Waals surface area contributed by atoms with E-state index in [0.29, 0.717) is 0 Å². The lowest BCUT2D eigenvalue weighted by molar-refractivity contribution is 0.0946. The van der Waals surface area contributed by atoms with E-state index in [4.69, 9.17) is 4.42 Å². The number of carbonyl (C=O) groups is 1. The summed E-state index contributed by atoms with van der Waals surface area (Å²) in [6.07, 6.45) is 0. The third-order valence-electron chi connectivity index (χ3n) is 3.15. The highest BCUT2D eigenvalue weighted by Gasteiger charge is 2.14. The summed E-state index contributed by atoms with van der Waals surface area (Å²) < 4.78 is 44.8. The Labute approximate surface area is 134 Å². The molecule has 3 aromatic rings. The van der Waals surface area contributed by atoms with Gasteiger partial charge in [-0.05, 0) is 30.3 Å². The predicted molar refractivity (Wildman–Crippen MR) is 77.2 cm³/mol. The Morgan fingerprint density at radius 3 is 2.54 bits per heavy atom. The minimum Gasteiger partial charge on any atom is -0.419 e. The quantitative estimate of drug-likeness (QED) is 0.797. The van der Waals surface area contributed by atoms with Crippen LogP contribution in [0.4, 0.5) is 13.2 Å². The van der Waals surface area contributed by atoms with Gasteiger partial charge in [0.05, 0.1) is 12.1 Å². The lowest BCUT2D eigenvalue weighted by Crippen LogP contribution is -2.23. The molecule has 0 aliphatic carbocycles. The van der Waals surface area contributed by atoms with Crippen LogP contribution in [-0.2, 0) is 6.54 Å². The first kappa shape index (κ1) is 15.7. The van der Waals surface area contributed by atoms with Crippen LogP contribution in [0.5, 0.6) is 0 Å². The van der Waals surface area contributed by atoms with Crippen LogP contribution in [0.25, 0.3) is 11.5 Å². The Morgan fingerprint density at radius 2 is 1.79 bits per heavy atom. The van der Waals surface area contributed by atoms with Crippen molar-refractivity contribution in [2.75, 3.05) is 0 Å². The predicted octanol–water partition coefficient (Wildman–Crippen LogP) is 3.08. The minimum absolute atomic E-state index is 0.0230. The van der Waals surface area contributed by atoms with Gasteiger partial charge in [0.15, 0.2) is 11.6 Å². The van der Waals surface area contributed by atoms with Gasteiger partial charge in [-0.2, -0.15) is 0 Å². The second kappa shape index (κ2) is 6.53. The van der Waals surface area contributed by atoms with Crippen molar-refractivity contribution in [1.29, 1.82) is 0 Å². The molecule has 0 fully saturated rings. The lowest BCUT2D eigenvalue weighted by atomic mass is 10.2. The first-order valence-electron chi connectivity index (χ1n) is 6.85. The van der Waals surface area contributed by atoms with Gasteiger partial charge in [0.25, 0.3) is 11.8 Å². The molecule has 1 amide bonds. The van der Waals surface area contributed by atoms with E-state index in [1.54, 1.807) is 6.07 Å². The zero-order valence-electron chi connectivity index (χ0n) is 12.1. The fraction of sp³-hybridized carbons (Fsp3) is 0.0625. The Kier molecular flexibility index (Phi) is 4.28. The molecule has 0 radical (unpaired) electrons. The number of nitrogens with one attached hydrogen (secondary N) is 1. The zero-order chi connectivity index (χ0) is 17.1. The maximum Gasteiger partial charge on any atom is 0.251 e. The van der Waals surface area contributed by atoms with Crippen molar-refractivity contribution in [3.05, 3.63) is 71.4 Å². The monoisotopic (exact) mass is 333 g/mol. The van der Waals surface area contributed by atoms with Crippen LogP contribution in [0.3, 0.4) is 0 Å². The smallest absolute Gasteiger partial charge is 0.251 e. The van der Waals surface area contributed by atoms with Crippen LogP contribution in [0.2, 0.25) is 0 Å². The van der Waals surface area contributed by atoms with Crippen LogP contribution < -0.4 is 5.32 Å². The molecule has 8 heteroatoms. The second-order valence-electron chi connectivity index (χ2n) is 4.79. The van der Waals surface area contributed by atoms with Crippen LogP contribution in [-0.4, -0.2) is 16.1 Å². The highest BCUT2D eigenvalue weighted by molar-refractivity contribution is 5.94. The summed E-state index contributed by atoms with van der Waals surface area (Å²) in [7, 11) is 0. The number of benzene rings is 2. The first-order chi connectivity index (χ1) is 11.5. The maximum absolute atomic E-state index is 13.6. The summed E-state index contributed by atoms with van der Waals surface area (Å²) in [5.41, 5.74) is 0.0888. The number of hydrogen-bond donors (Lipinski definition) is 1. The molecule has 2 aromatic carbocycles. The lowest BCUT2D eigenvalue weighted by Gasteiger charge is -2.03. The molecule has 0 spiro atoms. The standard InChI is InChI=1S/C16H10F3N3O2/c17-11-4-2-1-3-10(11)16-22-21-14(24-16)8-20-15(23)9-5-6-12(18)13(19)7-9/h1-7H,8H2,(H,20,23). The molecular weight excluding hydrogens is 323 g/mol. The van der Waals surface area contributed by atoms with E-state index in [2.05, 4.69) is 15.5 Å². The number of hydrogen-bond acceptors (Lipinski definition) is 4. The van der Waals surface area contributed by atoms with Gasteiger partial charge >= 0.3 is 0 Å². The molecule has 24 heavy (non-hydrogen) atoms. The summed E-state index contributed by atoms with van der Waals surface area (Å²) in [4.78, 5) is 11.9. The van der Waals surface area contributed by atoms with Crippen molar-refractivity contribution in [3.8, 4) is 11.5 Å². The van der Waals surface area contributed by atoms with Gasteiger partial charge in [0.1, 0.15) is 5.82 Å². The van der Waals surface area contributed by atoms with E-state index < -0.39 is 23.4 Å². The third kappa shape index (κ3) is 3.27. The van der Waals surface area contributed by atoms with Gasteiger partial charge in [-0.15, -0.1) is 10.2 Å². The van der Waals surface area contributed by atoms with Crippen molar-refractivity contribution in [1.82, 2.24) is 15.5 Å². The van der Waals surface area contributed by atoms with Crippen molar-refractivity contribution < 1.29 is 22.4 Å². The number of carbonyl (C=O) groups excluding carboxylic acids is 1. The molecule has 0 aliphatic rings. The maximum atomic E-state index is 13.6. The topological polar surface area (TPSA) is 68.0 Å². The average molecular weight is 333 g/mol. The van der Waals surface area contributed by atoms with E-state index in [1.165, 1.54) is 18.2 Å². The molecule has 1 N–H and O–H groups in total. The first-order valence-corrected chi connectivity index (χ1v) is 6.85. The molecule has 1 aromatic heterocycles. The van der Waals surface area contributed by atoms with Crippen LogP contribution in [0.1, 0.15) is 16.2 Å². The number of aromatic nitrogens is 2. The van der Waals surface area contributed by atoms with Crippen molar-refractivity contribution in [3.63, 3.8) is 0 Å². The van der Waals surface area contributed by atoms with Crippen molar-refractivity contribution in [2.24, 2.45) is 0 Å². The van der Waals surface area contributed by atoms with Crippen LogP contribution in [0.15, 0.2) is 46.9 Å². The summed E-state index contributed by atoms with van der Waals surface area (Å²) in [6, 6.07) is 8.66. The molecule has 0 saturated heterocycles. The minimum atomic E-state index is -1.12. The fourth-order valence-electron chi connectivity index (χ4n) is 1.96. The van der Waals surface area contributed by atoms with Gasteiger partial charge in [-0.25, -0.2) is 13.2 Å².